The minimum atomic E-state index is -4.59. The summed E-state index contributed by atoms with van der Waals surface area (Å²) in [6.07, 6.45) is 9.22. The average molecular weight is 1000 g/mol. The summed E-state index contributed by atoms with van der Waals surface area (Å²) in [7, 11) is -4.59. The van der Waals surface area contributed by atoms with Crippen molar-refractivity contribution in [3.8, 4) is 22.6 Å². The Kier molecular flexibility index (Phi) is 13.9. The number of thiophene rings is 1. The molecule has 6 aromatic rings. The van der Waals surface area contributed by atoms with Crippen LogP contribution in [0.4, 0.5) is 17.1 Å². The molecule has 1 saturated heterocycles. The van der Waals surface area contributed by atoms with Crippen LogP contribution in [0.15, 0.2) is 107 Å². The van der Waals surface area contributed by atoms with E-state index in [1.54, 1.807) is 55.6 Å². The number of nitro groups is 1. The summed E-state index contributed by atoms with van der Waals surface area (Å²) in [4.78, 5) is 38.7. The molecule has 0 radical (unpaired) electrons. The normalized spacial score (nSPS) is 20.0. The lowest BCUT2D eigenvalue weighted by Gasteiger charge is -2.39. The van der Waals surface area contributed by atoms with Gasteiger partial charge in [0.1, 0.15) is 22.8 Å². The molecule has 2 fully saturated rings. The predicted molar refractivity (Wildman–Crippen MR) is 280 cm³/mol. The van der Waals surface area contributed by atoms with Crippen molar-refractivity contribution in [2.75, 3.05) is 49.5 Å². The van der Waals surface area contributed by atoms with Gasteiger partial charge in [-0.15, -0.1) is 11.3 Å². The number of carbonyl (C=O) groups excluding carboxylic acids is 1. The molecule has 0 bridgehead atoms. The topological polar surface area (TPSA) is 203 Å². The fraction of sp³-hybridized carbons (Fsp3) is 0.407. The Bertz CT molecular complexity index is 3080. The zero-order chi connectivity index (χ0) is 50.3. The molecule has 0 unspecified atom stereocenters. The lowest BCUT2D eigenvalue weighted by Crippen LogP contribution is -2.47. The Morgan fingerprint density at radius 2 is 1.72 bits per heavy atom. The van der Waals surface area contributed by atoms with Crippen LogP contribution in [0, 0.1) is 21.4 Å². The van der Waals surface area contributed by atoms with E-state index in [-0.39, 0.29) is 28.3 Å². The Balaban J connectivity index is 0.909. The molecule has 3 aliphatic rings. The maximum absolute atomic E-state index is 14.0. The highest BCUT2D eigenvalue weighted by molar-refractivity contribution is 7.90. The maximum Gasteiger partial charge on any atom is 0.293 e. The number of sulfonamides is 1. The summed E-state index contributed by atoms with van der Waals surface area (Å²) >= 11 is 1.79. The molecular weight excluding hydrogens is 939 g/mol. The molecule has 2 aliphatic carbocycles. The van der Waals surface area contributed by atoms with Crippen molar-refractivity contribution in [2.24, 2.45) is 11.3 Å². The smallest absolute Gasteiger partial charge is 0.293 e. The molecule has 71 heavy (non-hydrogen) atoms. The highest BCUT2D eigenvalue weighted by Gasteiger charge is 2.32. The molecule has 1 saturated carbocycles. The second-order valence-corrected chi connectivity index (χ2v) is 23.7. The van der Waals surface area contributed by atoms with Crippen molar-refractivity contribution >= 4 is 60.9 Å². The molecule has 15 nitrogen and oxygen atoms in total. The number of hydrogen-bond acceptors (Lipinski definition) is 13. The van der Waals surface area contributed by atoms with Gasteiger partial charge in [0.05, 0.1) is 32.8 Å². The van der Waals surface area contributed by atoms with Gasteiger partial charge in [0.15, 0.2) is 0 Å². The molecule has 17 heteroatoms. The third kappa shape index (κ3) is 11.7. The standard InChI is InChI=1S/C54H63N7O8S2/c1-52(2)18-16-38(45(30-52)49-27-39(34-70-49)36-6-8-40(9-7-36)53(3,4)63)33-59-22-24-60(25-23-59)41-10-12-44(48(28-41)69-42-26-37-17-21-55-50(37)57-32-42)51(62)58-71(67,68)43-11-13-46(47(29-43)61(65)66)56-31-35-14-19-54(5,64)20-15-35/h6-13,17,21,26-29,32,34-35,56,63-64H,14-16,18-20,22-25,30-31,33H2,1-5H3,(H,55,57)(H,58,62)/t35-,54-. The van der Waals surface area contributed by atoms with Gasteiger partial charge >= 0.3 is 0 Å². The van der Waals surface area contributed by atoms with Crippen LogP contribution >= 0.6 is 11.3 Å². The quantitative estimate of drug-likeness (QED) is 0.0482. The van der Waals surface area contributed by atoms with Gasteiger partial charge in [-0.2, -0.15) is 0 Å². The first kappa shape index (κ1) is 49.9. The zero-order valence-corrected chi connectivity index (χ0v) is 42.6. The van der Waals surface area contributed by atoms with Gasteiger partial charge < -0.3 is 30.2 Å². The van der Waals surface area contributed by atoms with Gasteiger partial charge in [-0.05, 0) is 147 Å². The molecule has 9 rings (SSSR count). The van der Waals surface area contributed by atoms with Crippen LogP contribution in [-0.2, 0) is 15.6 Å². The Labute approximate surface area is 419 Å². The van der Waals surface area contributed by atoms with Crippen LogP contribution in [0.2, 0.25) is 0 Å². The monoisotopic (exact) mass is 1000 g/mol. The third-order valence-corrected chi connectivity index (χ3v) is 16.8. The number of aromatic nitrogens is 2. The zero-order valence-electron chi connectivity index (χ0n) is 41.0. The lowest BCUT2D eigenvalue weighted by molar-refractivity contribution is -0.384. The number of aromatic amines is 1. The van der Waals surface area contributed by atoms with Gasteiger partial charge in [-0.3, -0.25) is 19.8 Å². The van der Waals surface area contributed by atoms with E-state index in [2.05, 4.69) is 67.2 Å². The fourth-order valence-corrected chi connectivity index (χ4v) is 12.0. The number of hydrogen-bond donors (Lipinski definition) is 5. The molecule has 4 heterocycles. The summed E-state index contributed by atoms with van der Waals surface area (Å²) < 4.78 is 36.1. The SMILES string of the molecule is CC1(C)CCC(CN2CCN(c3ccc(C(=O)NS(=O)(=O)c4ccc(NC[C@H]5CC[C@](C)(O)CC5)c([N+](=O)[O-])c4)c(Oc4cnc5[nH]ccc5c4)c3)CC2)=C(c2cc(-c3ccc(C(C)(C)O)cc3)cs2)C1. The molecule has 0 spiro atoms. The number of nitrogens with one attached hydrogen (secondary N) is 3. The summed E-state index contributed by atoms with van der Waals surface area (Å²) in [6, 6.07) is 22.7. The van der Waals surface area contributed by atoms with Crippen LogP contribution < -0.4 is 19.7 Å². The van der Waals surface area contributed by atoms with Crippen LogP contribution in [0.3, 0.4) is 0 Å². The number of allylic oxidation sites excluding steroid dienone is 1. The van der Waals surface area contributed by atoms with Gasteiger partial charge in [0.2, 0.25) is 0 Å². The lowest BCUT2D eigenvalue weighted by atomic mass is 9.73. The molecule has 5 N–H and O–H groups in total. The van der Waals surface area contributed by atoms with E-state index in [1.165, 1.54) is 39.9 Å². The highest BCUT2D eigenvalue weighted by atomic mass is 32.2. The van der Waals surface area contributed by atoms with Crippen molar-refractivity contribution in [2.45, 2.75) is 95.7 Å². The van der Waals surface area contributed by atoms with Gasteiger partial charge in [0.25, 0.3) is 21.6 Å². The Morgan fingerprint density at radius 1 is 0.972 bits per heavy atom. The second-order valence-electron chi connectivity index (χ2n) is 21.1. The van der Waals surface area contributed by atoms with Crippen molar-refractivity contribution in [1.82, 2.24) is 19.6 Å². The summed E-state index contributed by atoms with van der Waals surface area (Å²) in [6.45, 7) is 14.4. The summed E-state index contributed by atoms with van der Waals surface area (Å²) in [5, 5.41) is 39.1. The molecule has 0 atom stereocenters. The largest absolute Gasteiger partial charge is 0.455 e. The van der Waals surface area contributed by atoms with E-state index < -0.39 is 42.6 Å². The number of pyridine rings is 1. The Morgan fingerprint density at radius 3 is 2.44 bits per heavy atom. The summed E-state index contributed by atoms with van der Waals surface area (Å²) in [5.41, 5.74) is 5.82. The first-order chi connectivity index (χ1) is 33.7. The summed E-state index contributed by atoms with van der Waals surface area (Å²) in [5.74, 6) is -0.311. The van der Waals surface area contributed by atoms with Crippen molar-refractivity contribution < 1.29 is 33.1 Å². The molecule has 1 amide bonds. The third-order valence-electron chi connectivity index (χ3n) is 14.4. The number of fused-ring (bicyclic) bond motifs is 1. The van der Waals surface area contributed by atoms with E-state index in [9.17, 15) is 33.5 Å². The number of H-pyrrole nitrogens is 1. The number of aliphatic hydroxyl groups is 2. The molecular formula is C54H63N7O8S2. The number of rotatable bonds is 15. The number of benzene rings is 3. The van der Waals surface area contributed by atoms with E-state index in [4.69, 9.17) is 4.74 Å². The predicted octanol–water partition coefficient (Wildman–Crippen LogP) is 10.5. The first-order valence-corrected chi connectivity index (χ1v) is 26.7. The molecule has 3 aromatic heterocycles. The van der Waals surface area contributed by atoms with Gasteiger partial charge in [0, 0.05) is 73.5 Å². The number of amides is 1. The number of ether oxygens (including phenoxy) is 1. The van der Waals surface area contributed by atoms with Gasteiger partial charge in [-0.1, -0.05) is 43.7 Å². The Hall–Kier alpha value is -6.11. The van der Waals surface area contributed by atoms with Crippen molar-refractivity contribution in [3.05, 3.63) is 128 Å². The first-order valence-electron chi connectivity index (χ1n) is 24.4. The van der Waals surface area contributed by atoms with E-state index in [0.717, 1.165) is 80.0 Å². The van der Waals surface area contributed by atoms with Crippen LogP contribution in [0.1, 0.15) is 100 Å². The number of nitro benzene ring substituents is 1. The minimum absolute atomic E-state index is 0.0491. The second kappa shape index (κ2) is 19.8. The molecule has 374 valence electrons. The van der Waals surface area contributed by atoms with Crippen LogP contribution in [0.25, 0.3) is 27.7 Å². The molecule has 3 aromatic carbocycles. The highest BCUT2D eigenvalue weighted by Crippen LogP contribution is 2.46. The van der Waals surface area contributed by atoms with Crippen LogP contribution in [0.5, 0.6) is 11.5 Å². The minimum Gasteiger partial charge on any atom is -0.455 e. The van der Waals surface area contributed by atoms with Gasteiger partial charge in [-0.25, -0.2) is 18.1 Å². The number of nitrogens with zero attached hydrogens (tertiary/aromatic N) is 4. The van der Waals surface area contributed by atoms with Crippen molar-refractivity contribution in [1.29, 1.82) is 0 Å². The van der Waals surface area contributed by atoms with E-state index in [1.807, 2.05) is 25.1 Å². The van der Waals surface area contributed by atoms with E-state index in [0.29, 0.717) is 43.9 Å². The van der Waals surface area contributed by atoms with Crippen LogP contribution in [-0.4, -0.2) is 89.2 Å². The van der Waals surface area contributed by atoms with Crippen molar-refractivity contribution in [3.63, 3.8) is 0 Å². The number of piperazine rings is 1. The molecule has 1 aliphatic heterocycles. The number of anilines is 2. The fourth-order valence-electron chi connectivity index (χ4n) is 9.97. The van der Waals surface area contributed by atoms with E-state index >= 15 is 0 Å². The average Bonchev–Trinajstić information content (AvgIpc) is 4.02. The maximum atomic E-state index is 14.0. The number of carbonyl (C=O) groups is 1.